The maximum absolute atomic E-state index is 12.4. The van der Waals surface area contributed by atoms with Gasteiger partial charge in [0.25, 0.3) is 11.8 Å². The van der Waals surface area contributed by atoms with Gasteiger partial charge in [0, 0.05) is 11.3 Å². The third-order valence-electron chi connectivity index (χ3n) is 4.07. The van der Waals surface area contributed by atoms with E-state index in [9.17, 15) is 9.59 Å². The van der Waals surface area contributed by atoms with Crippen LogP contribution in [0.1, 0.15) is 45.0 Å². The third-order valence-corrected chi connectivity index (χ3v) is 4.07. The van der Waals surface area contributed by atoms with Crippen LogP contribution >= 0.6 is 0 Å². The van der Waals surface area contributed by atoms with Gasteiger partial charge in [0.1, 0.15) is 0 Å². The molecule has 0 spiro atoms. The summed E-state index contributed by atoms with van der Waals surface area (Å²) in [5.41, 5.74) is 3.35. The topological polar surface area (TPSA) is 71.3 Å². The Morgan fingerprint density at radius 3 is 2.23 bits per heavy atom. The number of nitrogens with one attached hydrogen (secondary N) is 2. The molecule has 0 bridgehead atoms. The summed E-state index contributed by atoms with van der Waals surface area (Å²) in [5.74, 6) is -0.263. The van der Waals surface area contributed by atoms with E-state index in [0.29, 0.717) is 11.3 Å². The third kappa shape index (κ3) is 4.19. The number of carbonyl (C=O) groups is 2. The highest BCUT2D eigenvalue weighted by molar-refractivity contribution is 6.02. The molecule has 26 heavy (non-hydrogen) atoms. The number of hydrogen-bond acceptors (Lipinski definition) is 3. The van der Waals surface area contributed by atoms with Crippen LogP contribution in [0.2, 0.25) is 0 Å². The molecule has 0 aliphatic carbocycles. The minimum absolute atomic E-state index is 0.0959. The number of anilines is 1. The maximum atomic E-state index is 12.4. The Morgan fingerprint density at radius 2 is 1.62 bits per heavy atom. The van der Waals surface area contributed by atoms with Gasteiger partial charge in [-0.05, 0) is 55.8 Å². The Balaban J connectivity index is 1.61. The zero-order valence-corrected chi connectivity index (χ0v) is 14.7. The number of hydrogen-bond donors (Lipinski definition) is 2. The highest BCUT2D eigenvalue weighted by Gasteiger charge is 2.12. The zero-order chi connectivity index (χ0) is 18.5. The summed E-state index contributed by atoms with van der Waals surface area (Å²) in [6, 6.07) is 17.9. The van der Waals surface area contributed by atoms with Crippen molar-refractivity contribution in [3.63, 3.8) is 0 Å². The minimum atomic E-state index is -0.333. The van der Waals surface area contributed by atoms with Crippen LogP contribution in [-0.2, 0) is 0 Å². The first-order valence-electron chi connectivity index (χ1n) is 8.35. The molecule has 0 aliphatic heterocycles. The van der Waals surface area contributed by atoms with Crippen molar-refractivity contribution < 1.29 is 14.0 Å². The fourth-order valence-corrected chi connectivity index (χ4v) is 2.52. The van der Waals surface area contributed by atoms with E-state index in [2.05, 4.69) is 10.6 Å². The molecule has 2 aromatic carbocycles. The second-order valence-corrected chi connectivity index (χ2v) is 6.11. The van der Waals surface area contributed by atoms with E-state index in [-0.39, 0.29) is 23.6 Å². The summed E-state index contributed by atoms with van der Waals surface area (Å²) < 4.78 is 5.05. The minimum Gasteiger partial charge on any atom is -0.459 e. The van der Waals surface area contributed by atoms with Crippen molar-refractivity contribution in [2.24, 2.45) is 0 Å². The number of carbonyl (C=O) groups excluding carboxylic acids is 2. The number of rotatable bonds is 5. The lowest BCUT2D eigenvalue weighted by atomic mass is 10.1. The van der Waals surface area contributed by atoms with E-state index in [0.717, 1.165) is 5.56 Å². The lowest BCUT2D eigenvalue weighted by molar-refractivity contribution is 0.0939. The number of amides is 2. The first-order valence-corrected chi connectivity index (χ1v) is 8.35. The molecule has 132 valence electrons. The van der Waals surface area contributed by atoms with E-state index in [1.54, 1.807) is 36.4 Å². The van der Waals surface area contributed by atoms with Gasteiger partial charge in [-0.1, -0.05) is 29.8 Å². The van der Waals surface area contributed by atoms with Crippen LogP contribution in [0.4, 0.5) is 5.69 Å². The van der Waals surface area contributed by atoms with Crippen molar-refractivity contribution in [1.29, 1.82) is 0 Å². The molecule has 5 nitrogen and oxygen atoms in total. The molecule has 0 aliphatic rings. The van der Waals surface area contributed by atoms with Gasteiger partial charge in [-0.3, -0.25) is 9.59 Å². The van der Waals surface area contributed by atoms with Gasteiger partial charge < -0.3 is 15.1 Å². The van der Waals surface area contributed by atoms with Crippen LogP contribution in [0.25, 0.3) is 0 Å². The molecule has 2 amide bonds. The SMILES string of the molecule is Cc1ccc(C(C)NC(=O)c2ccc(NC(=O)c3ccco3)cc2)cc1. The average Bonchev–Trinajstić information content (AvgIpc) is 3.17. The second-order valence-electron chi connectivity index (χ2n) is 6.11. The van der Waals surface area contributed by atoms with Crippen molar-refractivity contribution in [2.75, 3.05) is 5.32 Å². The summed E-state index contributed by atoms with van der Waals surface area (Å²) in [6.07, 6.45) is 1.44. The number of aryl methyl sites for hydroxylation is 1. The highest BCUT2D eigenvalue weighted by Crippen LogP contribution is 2.16. The molecule has 0 saturated heterocycles. The lowest BCUT2D eigenvalue weighted by Gasteiger charge is -2.15. The van der Waals surface area contributed by atoms with Gasteiger partial charge in [0.05, 0.1) is 12.3 Å². The van der Waals surface area contributed by atoms with Crippen molar-refractivity contribution in [3.8, 4) is 0 Å². The molecule has 2 N–H and O–H groups in total. The van der Waals surface area contributed by atoms with Crippen LogP contribution in [0, 0.1) is 6.92 Å². The number of benzene rings is 2. The molecule has 1 atom stereocenters. The molecule has 3 aromatic rings. The fourth-order valence-electron chi connectivity index (χ4n) is 2.52. The molecule has 0 radical (unpaired) electrons. The lowest BCUT2D eigenvalue weighted by Crippen LogP contribution is -2.26. The molecule has 1 unspecified atom stereocenters. The smallest absolute Gasteiger partial charge is 0.291 e. The van der Waals surface area contributed by atoms with Gasteiger partial charge >= 0.3 is 0 Å². The molecule has 0 fully saturated rings. The molecular weight excluding hydrogens is 328 g/mol. The van der Waals surface area contributed by atoms with Crippen LogP contribution in [0.3, 0.4) is 0 Å². The molecule has 1 heterocycles. The number of furan rings is 1. The van der Waals surface area contributed by atoms with Crippen LogP contribution < -0.4 is 10.6 Å². The largest absolute Gasteiger partial charge is 0.459 e. The van der Waals surface area contributed by atoms with Crippen molar-refractivity contribution >= 4 is 17.5 Å². The second kappa shape index (κ2) is 7.70. The Hall–Kier alpha value is -3.34. The van der Waals surface area contributed by atoms with Gasteiger partial charge in [-0.25, -0.2) is 0 Å². The molecule has 5 heteroatoms. The van der Waals surface area contributed by atoms with Crippen molar-refractivity contribution in [1.82, 2.24) is 5.32 Å². The van der Waals surface area contributed by atoms with E-state index in [4.69, 9.17) is 4.42 Å². The summed E-state index contributed by atoms with van der Waals surface area (Å²) >= 11 is 0. The average molecular weight is 348 g/mol. The molecule has 1 aromatic heterocycles. The summed E-state index contributed by atoms with van der Waals surface area (Å²) in [5, 5.41) is 5.69. The normalized spacial score (nSPS) is 11.6. The molecule has 3 rings (SSSR count). The maximum Gasteiger partial charge on any atom is 0.291 e. The van der Waals surface area contributed by atoms with Crippen LogP contribution in [-0.4, -0.2) is 11.8 Å². The van der Waals surface area contributed by atoms with Crippen LogP contribution in [0.5, 0.6) is 0 Å². The Bertz CT molecular complexity index is 882. The first kappa shape index (κ1) is 17.5. The summed E-state index contributed by atoms with van der Waals surface area (Å²) in [7, 11) is 0. The van der Waals surface area contributed by atoms with E-state index in [1.807, 2.05) is 38.1 Å². The van der Waals surface area contributed by atoms with Gasteiger partial charge in [0.15, 0.2) is 5.76 Å². The molecule has 0 saturated carbocycles. The van der Waals surface area contributed by atoms with Crippen LogP contribution in [0.15, 0.2) is 71.3 Å². The van der Waals surface area contributed by atoms with E-state index < -0.39 is 0 Å². The Labute approximate surface area is 152 Å². The Morgan fingerprint density at radius 1 is 0.923 bits per heavy atom. The molecular formula is C21H20N2O3. The van der Waals surface area contributed by atoms with Gasteiger partial charge in [-0.2, -0.15) is 0 Å². The Kier molecular flexibility index (Phi) is 5.17. The van der Waals surface area contributed by atoms with E-state index in [1.165, 1.54) is 11.8 Å². The monoisotopic (exact) mass is 348 g/mol. The fraction of sp³-hybridized carbons (Fsp3) is 0.143. The zero-order valence-electron chi connectivity index (χ0n) is 14.7. The predicted octanol–water partition coefficient (Wildman–Crippen LogP) is 4.33. The van der Waals surface area contributed by atoms with Crippen molar-refractivity contribution in [2.45, 2.75) is 19.9 Å². The predicted molar refractivity (Wildman–Crippen MR) is 100 cm³/mol. The van der Waals surface area contributed by atoms with Gasteiger partial charge in [0.2, 0.25) is 0 Å². The van der Waals surface area contributed by atoms with Gasteiger partial charge in [-0.15, -0.1) is 0 Å². The standard InChI is InChI=1S/C21H20N2O3/c1-14-5-7-16(8-6-14)15(2)22-20(24)17-9-11-18(12-10-17)23-21(25)19-4-3-13-26-19/h3-13,15H,1-2H3,(H,22,24)(H,23,25). The highest BCUT2D eigenvalue weighted by atomic mass is 16.3. The quantitative estimate of drug-likeness (QED) is 0.721. The summed E-state index contributed by atoms with van der Waals surface area (Å²) in [4.78, 5) is 24.3. The van der Waals surface area contributed by atoms with Crippen molar-refractivity contribution in [3.05, 3.63) is 89.4 Å². The first-order chi connectivity index (χ1) is 12.5. The van der Waals surface area contributed by atoms with E-state index >= 15 is 0 Å². The summed E-state index contributed by atoms with van der Waals surface area (Å²) in [6.45, 7) is 3.97.